The van der Waals surface area contributed by atoms with Gasteiger partial charge in [0.25, 0.3) is 0 Å². The number of hydrogen-bond donors (Lipinski definition) is 1. The maximum atomic E-state index is 11.8. The van der Waals surface area contributed by atoms with Crippen molar-refractivity contribution >= 4 is 5.91 Å². The molecule has 6 heteroatoms. The summed E-state index contributed by atoms with van der Waals surface area (Å²) in [5, 5.41) is 6.80. The van der Waals surface area contributed by atoms with Crippen molar-refractivity contribution in [1.82, 2.24) is 20.4 Å². The minimum atomic E-state index is 0.135. The zero-order chi connectivity index (χ0) is 14.7. The number of aromatic nitrogens is 2. The first kappa shape index (κ1) is 14.5. The number of carbonyl (C=O) groups excluding carboxylic acids is 1. The Hall–Kier alpha value is -1.43. The van der Waals surface area contributed by atoms with Gasteiger partial charge in [0, 0.05) is 32.0 Å². The molecule has 1 unspecified atom stereocenters. The minimum Gasteiger partial charge on any atom is -0.356 e. The van der Waals surface area contributed by atoms with Crippen LogP contribution in [-0.2, 0) is 11.2 Å². The molecule has 1 atom stereocenters. The van der Waals surface area contributed by atoms with E-state index >= 15 is 0 Å². The summed E-state index contributed by atoms with van der Waals surface area (Å²) >= 11 is 0. The third kappa shape index (κ3) is 4.27. The first-order chi connectivity index (χ1) is 10.2. The van der Waals surface area contributed by atoms with E-state index in [0.29, 0.717) is 30.5 Å². The van der Waals surface area contributed by atoms with Crippen LogP contribution < -0.4 is 5.32 Å². The second kappa shape index (κ2) is 6.56. The summed E-state index contributed by atoms with van der Waals surface area (Å²) in [6, 6.07) is 0.851. The molecule has 1 aromatic heterocycles. The molecule has 3 rings (SSSR count). The van der Waals surface area contributed by atoms with Crippen molar-refractivity contribution < 1.29 is 9.32 Å². The number of rotatable bonds is 7. The van der Waals surface area contributed by atoms with Gasteiger partial charge in [-0.1, -0.05) is 5.16 Å². The van der Waals surface area contributed by atoms with Gasteiger partial charge in [0.2, 0.25) is 11.8 Å². The van der Waals surface area contributed by atoms with Gasteiger partial charge in [-0.3, -0.25) is 4.79 Å². The summed E-state index contributed by atoms with van der Waals surface area (Å²) in [5.41, 5.74) is 0. The van der Waals surface area contributed by atoms with Gasteiger partial charge in [0.05, 0.1) is 0 Å². The predicted molar refractivity (Wildman–Crippen MR) is 77.7 cm³/mol. The van der Waals surface area contributed by atoms with Crippen LogP contribution in [0.2, 0.25) is 0 Å². The van der Waals surface area contributed by atoms with Crippen molar-refractivity contribution in [3.8, 4) is 0 Å². The van der Waals surface area contributed by atoms with Gasteiger partial charge >= 0.3 is 0 Å². The molecule has 2 heterocycles. The van der Waals surface area contributed by atoms with E-state index in [2.05, 4.69) is 20.4 Å². The Morgan fingerprint density at radius 3 is 3.00 bits per heavy atom. The maximum Gasteiger partial charge on any atom is 0.226 e. The fraction of sp³-hybridized carbons (Fsp3) is 0.800. The van der Waals surface area contributed by atoms with E-state index < -0.39 is 0 Å². The molecular weight excluding hydrogens is 268 g/mol. The standard InChI is InChI=1S/C15H24N4O2/c1-11-17-15(21-18-11)4-2-3-14(20)16-9-12-7-8-19(10-12)13-5-6-13/h12-13H,2-10H2,1H3,(H,16,20). The number of nitrogens with zero attached hydrogens (tertiary/aromatic N) is 3. The summed E-state index contributed by atoms with van der Waals surface area (Å²) in [7, 11) is 0. The average molecular weight is 292 g/mol. The monoisotopic (exact) mass is 292 g/mol. The molecule has 1 N–H and O–H groups in total. The molecule has 1 saturated carbocycles. The van der Waals surface area contributed by atoms with Crippen LogP contribution >= 0.6 is 0 Å². The van der Waals surface area contributed by atoms with Crippen molar-refractivity contribution in [2.75, 3.05) is 19.6 Å². The van der Waals surface area contributed by atoms with Crippen LogP contribution in [0.3, 0.4) is 0 Å². The average Bonchev–Trinajstić information content (AvgIpc) is 3.07. The fourth-order valence-electron chi connectivity index (χ4n) is 2.99. The predicted octanol–water partition coefficient (Wildman–Crippen LogP) is 1.30. The lowest BCUT2D eigenvalue weighted by molar-refractivity contribution is -0.121. The number of nitrogens with one attached hydrogen (secondary N) is 1. The number of likely N-dealkylation sites (tertiary alicyclic amines) is 1. The largest absolute Gasteiger partial charge is 0.356 e. The van der Waals surface area contributed by atoms with Crippen LogP contribution in [0.4, 0.5) is 0 Å². The molecule has 1 amide bonds. The highest BCUT2D eigenvalue weighted by Crippen LogP contribution is 2.31. The highest BCUT2D eigenvalue weighted by Gasteiger charge is 2.34. The molecule has 0 aromatic carbocycles. The van der Waals surface area contributed by atoms with Gasteiger partial charge in [-0.05, 0) is 45.1 Å². The Morgan fingerprint density at radius 1 is 1.43 bits per heavy atom. The molecule has 1 aliphatic heterocycles. The lowest BCUT2D eigenvalue weighted by Gasteiger charge is -2.15. The van der Waals surface area contributed by atoms with Crippen LogP contribution in [0.25, 0.3) is 0 Å². The second-order valence-electron chi connectivity index (χ2n) is 6.27. The summed E-state index contributed by atoms with van der Waals surface area (Å²) in [5.74, 6) is 2.04. The molecule has 0 radical (unpaired) electrons. The van der Waals surface area contributed by atoms with Crippen LogP contribution in [0.5, 0.6) is 0 Å². The Kier molecular flexibility index (Phi) is 4.53. The normalized spacial score (nSPS) is 22.6. The molecule has 116 valence electrons. The van der Waals surface area contributed by atoms with Crippen molar-refractivity contribution in [2.24, 2.45) is 5.92 Å². The molecule has 1 aromatic rings. The van der Waals surface area contributed by atoms with Crippen LogP contribution in [0, 0.1) is 12.8 Å². The van der Waals surface area contributed by atoms with E-state index in [1.54, 1.807) is 6.92 Å². The van der Waals surface area contributed by atoms with Crippen molar-refractivity contribution in [3.63, 3.8) is 0 Å². The molecule has 0 bridgehead atoms. The molecule has 1 aliphatic carbocycles. The van der Waals surface area contributed by atoms with Crippen molar-refractivity contribution in [2.45, 2.75) is 51.5 Å². The fourth-order valence-corrected chi connectivity index (χ4v) is 2.99. The summed E-state index contributed by atoms with van der Waals surface area (Å²) < 4.78 is 5.03. The molecular formula is C15H24N4O2. The molecule has 6 nitrogen and oxygen atoms in total. The lowest BCUT2D eigenvalue weighted by atomic mass is 10.1. The van der Waals surface area contributed by atoms with Gasteiger partial charge < -0.3 is 14.7 Å². The van der Waals surface area contributed by atoms with Gasteiger partial charge in [-0.2, -0.15) is 4.98 Å². The summed E-state index contributed by atoms with van der Waals surface area (Å²) in [4.78, 5) is 18.5. The topological polar surface area (TPSA) is 71.3 Å². The van der Waals surface area contributed by atoms with E-state index in [0.717, 1.165) is 25.6 Å². The smallest absolute Gasteiger partial charge is 0.226 e. The van der Waals surface area contributed by atoms with Crippen LogP contribution in [-0.4, -0.2) is 46.6 Å². The van der Waals surface area contributed by atoms with Gasteiger partial charge in [0.1, 0.15) is 0 Å². The SMILES string of the molecule is Cc1noc(CCCC(=O)NCC2CCN(C3CC3)C2)n1. The van der Waals surface area contributed by atoms with Crippen LogP contribution in [0.1, 0.15) is 43.8 Å². The van der Waals surface area contributed by atoms with Gasteiger partial charge in [-0.15, -0.1) is 0 Å². The van der Waals surface area contributed by atoms with Gasteiger partial charge in [-0.25, -0.2) is 0 Å². The number of hydrogen-bond acceptors (Lipinski definition) is 5. The van der Waals surface area contributed by atoms with E-state index in [1.807, 2.05) is 0 Å². The molecule has 0 spiro atoms. The Bertz CT molecular complexity index is 484. The zero-order valence-electron chi connectivity index (χ0n) is 12.7. The highest BCUT2D eigenvalue weighted by atomic mass is 16.5. The third-order valence-corrected chi connectivity index (χ3v) is 4.33. The zero-order valence-corrected chi connectivity index (χ0v) is 12.7. The number of aryl methyl sites for hydroxylation is 2. The van der Waals surface area contributed by atoms with Gasteiger partial charge in [0.15, 0.2) is 5.82 Å². The minimum absolute atomic E-state index is 0.135. The highest BCUT2D eigenvalue weighted by molar-refractivity contribution is 5.75. The molecule has 1 saturated heterocycles. The first-order valence-electron chi connectivity index (χ1n) is 8.00. The van der Waals surface area contributed by atoms with E-state index in [4.69, 9.17) is 4.52 Å². The molecule has 2 aliphatic rings. The van der Waals surface area contributed by atoms with Crippen molar-refractivity contribution in [1.29, 1.82) is 0 Å². The quantitative estimate of drug-likeness (QED) is 0.820. The van der Waals surface area contributed by atoms with E-state index in [-0.39, 0.29) is 5.91 Å². The number of carbonyl (C=O) groups is 1. The Morgan fingerprint density at radius 2 is 2.29 bits per heavy atom. The second-order valence-corrected chi connectivity index (χ2v) is 6.27. The third-order valence-electron chi connectivity index (χ3n) is 4.33. The first-order valence-corrected chi connectivity index (χ1v) is 8.00. The Balaban J connectivity index is 1.28. The van der Waals surface area contributed by atoms with Crippen molar-refractivity contribution in [3.05, 3.63) is 11.7 Å². The number of amides is 1. The Labute approximate surface area is 125 Å². The summed E-state index contributed by atoms with van der Waals surface area (Å²) in [6.07, 6.45) is 5.92. The summed E-state index contributed by atoms with van der Waals surface area (Å²) in [6.45, 7) is 4.99. The molecule has 21 heavy (non-hydrogen) atoms. The lowest BCUT2D eigenvalue weighted by Crippen LogP contribution is -2.31. The van der Waals surface area contributed by atoms with E-state index in [9.17, 15) is 4.79 Å². The molecule has 2 fully saturated rings. The maximum absolute atomic E-state index is 11.8. The van der Waals surface area contributed by atoms with E-state index in [1.165, 1.54) is 25.8 Å². The van der Waals surface area contributed by atoms with Crippen LogP contribution in [0.15, 0.2) is 4.52 Å².